The molecule has 2 aliphatic rings. The zero-order chi connectivity index (χ0) is 5.56. The van der Waals surface area contributed by atoms with Crippen molar-refractivity contribution in [3.63, 3.8) is 0 Å². The van der Waals surface area contributed by atoms with Gasteiger partial charge in [0.15, 0.2) is 0 Å². The lowest BCUT2D eigenvalue weighted by Crippen LogP contribution is -2.32. The molecular weight excluding hydrogens is 102 g/mol. The Morgan fingerprint density at radius 3 is 2.50 bits per heavy atom. The summed E-state index contributed by atoms with van der Waals surface area (Å²) in [5.74, 6) is 0.583. The topological polar surface area (TPSA) is 32.3 Å². The van der Waals surface area contributed by atoms with Gasteiger partial charge < -0.3 is 10.4 Å². The molecule has 2 bridgehead atoms. The van der Waals surface area contributed by atoms with Crippen molar-refractivity contribution in [1.82, 2.24) is 5.32 Å². The van der Waals surface area contributed by atoms with Crippen LogP contribution in [0.5, 0.6) is 0 Å². The molecule has 2 fully saturated rings. The Labute approximate surface area is 48.9 Å². The van der Waals surface area contributed by atoms with Crippen molar-refractivity contribution in [2.24, 2.45) is 5.92 Å². The third-order valence-electron chi connectivity index (χ3n) is 2.33. The first kappa shape index (κ1) is 4.77. The van der Waals surface area contributed by atoms with Gasteiger partial charge in [-0.15, -0.1) is 0 Å². The average Bonchev–Trinajstić information content (AvgIpc) is 2.23. The van der Waals surface area contributed by atoms with Crippen molar-refractivity contribution in [1.29, 1.82) is 0 Å². The van der Waals surface area contributed by atoms with Crippen LogP contribution in [-0.4, -0.2) is 23.8 Å². The Morgan fingerprint density at radius 1 is 1.38 bits per heavy atom. The number of hydrogen-bond acceptors (Lipinski definition) is 2. The predicted molar refractivity (Wildman–Crippen MR) is 30.5 cm³/mol. The largest absolute Gasteiger partial charge is 0.393 e. The summed E-state index contributed by atoms with van der Waals surface area (Å²) in [7, 11) is 0. The van der Waals surface area contributed by atoms with E-state index in [-0.39, 0.29) is 6.10 Å². The van der Waals surface area contributed by atoms with E-state index in [2.05, 4.69) is 5.32 Å². The van der Waals surface area contributed by atoms with E-state index >= 15 is 0 Å². The Bertz CT molecular complexity index is 103. The molecule has 1 heterocycles. The maximum Gasteiger partial charge on any atom is 0.0595 e. The molecular formula is C6H11NO. The summed E-state index contributed by atoms with van der Waals surface area (Å²) in [5.41, 5.74) is 0. The number of fused-ring (bicyclic) bond motifs is 2. The fourth-order valence-electron chi connectivity index (χ4n) is 1.81. The van der Waals surface area contributed by atoms with Crippen LogP contribution in [-0.2, 0) is 0 Å². The summed E-state index contributed by atoms with van der Waals surface area (Å²) in [4.78, 5) is 0. The molecule has 46 valence electrons. The number of piperidine rings is 1. The Hall–Kier alpha value is -0.0800. The highest BCUT2D eigenvalue weighted by Gasteiger charge is 2.37. The van der Waals surface area contributed by atoms with Gasteiger partial charge in [-0.05, 0) is 18.8 Å². The highest BCUT2D eigenvalue weighted by Crippen LogP contribution is 2.30. The lowest BCUT2D eigenvalue weighted by Gasteiger charge is -2.15. The molecule has 1 aliphatic carbocycles. The fraction of sp³-hybridized carbons (Fsp3) is 1.00. The smallest absolute Gasteiger partial charge is 0.0595 e. The van der Waals surface area contributed by atoms with E-state index in [9.17, 15) is 5.11 Å². The molecule has 1 saturated carbocycles. The quantitative estimate of drug-likeness (QED) is 0.453. The minimum absolute atomic E-state index is 0.0150. The molecule has 0 spiro atoms. The lowest BCUT2D eigenvalue weighted by atomic mass is 10.1. The zero-order valence-corrected chi connectivity index (χ0v) is 4.80. The molecule has 0 aromatic heterocycles. The number of aliphatic hydroxyl groups is 1. The van der Waals surface area contributed by atoms with E-state index in [0.29, 0.717) is 12.0 Å². The van der Waals surface area contributed by atoms with Gasteiger partial charge in [-0.3, -0.25) is 0 Å². The molecule has 0 amide bonds. The third kappa shape index (κ3) is 0.501. The first-order chi connectivity index (χ1) is 3.86. The summed E-state index contributed by atoms with van der Waals surface area (Å²) in [6.07, 6.45) is 2.22. The molecule has 2 nitrogen and oxygen atoms in total. The second-order valence-corrected chi connectivity index (χ2v) is 2.90. The van der Waals surface area contributed by atoms with Crippen LogP contribution in [0.25, 0.3) is 0 Å². The van der Waals surface area contributed by atoms with Gasteiger partial charge in [-0.1, -0.05) is 0 Å². The van der Waals surface area contributed by atoms with E-state index in [1.807, 2.05) is 0 Å². The van der Waals surface area contributed by atoms with Crippen LogP contribution in [0.2, 0.25) is 0 Å². The van der Waals surface area contributed by atoms with Gasteiger partial charge in [0.05, 0.1) is 6.10 Å². The monoisotopic (exact) mass is 113 g/mol. The van der Waals surface area contributed by atoms with Crippen LogP contribution in [0.4, 0.5) is 0 Å². The fourth-order valence-corrected chi connectivity index (χ4v) is 1.81. The predicted octanol–water partition coefficient (Wildman–Crippen LogP) is -0.271. The minimum atomic E-state index is 0.0150. The second kappa shape index (κ2) is 1.45. The van der Waals surface area contributed by atoms with E-state index in [1.54, 1.807) is 0 Å². The Kier molecular flexibility index (Phi) is 0.866. The molecule has 1 aliphatic heterocycles. The third-order valence-corrected chi connectivity index (χ3v) is 2.33. The van der Waals surface area contributed by atoms with Crippen LogP contribution < -0.4 is 5.32 Å². The van der Waals surface area contributed by atoms with Crippen molar-refractivity contribution >= 4 is 0 Å². The first-order valence-corrected chi connectivity index (χ1v) is 3.28. The molecule has 2 rings (SSSR count). The standard InChI is InChI=1S/C6H11NO/c8-6-2-5-1-4(6)3-7-5/h4-8H,1-3H2/t4?,5-,6+/m1/s1. The first-order valence-electron chi connectivity index (χ1n) is 3.28. The Balaban J connectivity index is 2.11. The van der Waals surface area contributed by atoms with Crippen molar-refractivity contribution in [2.75, 3.05) is 6.54 Å². The second-order valence-electron chi connectivity index (χ2n) is 2.90. The van der Waals surface area contributed by atoms with Crippen molar-refractivity contribution in [2.45, 2.75) is 25.0 Å². The average molecular weight is 113 g/mol. The Morgan fingerprint density at radius 2 is 2.25 bits per heavy atom. The van der Waals surface area contributed by atoms with Crippen LogP contribution in [0.15, 0.2) is 0 Å². The van der Waals surface area contributed by atoms with Gasteiger partial charge in [-0.2, -0.15) is 0 Å². The lowest BCUT2D eigenvalue weighted by molar-refractivity contribution is 0.121. The number of nitrogens with one attached hydrogen (secondary N) is 1. The number of rotatable bonds is 0. The number of aliphatic hydroxyl groups excluding tert-OH is 1. The van der Waals surface area contributed by atoms with Gasteiger partial charge in [0.1, 0.15) is 0 Å². The van der Waals surface area contributed by atoms with E-state index < -0.39 is 0 Å². The molecule has 0 radical (unpaired) electrons. The molecule has 1 saturated heterocycles. The molecule has 2 heteroatoms. The van der Waals surface area contributed by atoms with Gasteiger partial charge in [-0.25, -0.2) is 0 Å². The van der Waals surface area contributed by atoms with Gasteiger partial charge in [0.25, 0.3) is 0 Å². The zero-order valence-electron chi connectivity index (χ0n) is 4.80. The molecule has 3 atom stereocenters. The van der Waals surface area contributed by atoms with E-state index in [1.165, 1.54) is 6.42 Å². The summed E-state index contributed by atoms with van der Waals surface area (Å²) in [6.45, 7) is 1.05. The highest BCUT2D eigenvalue weighted by atomic mass is 16.3. The maximum absolute atomic E-state index is 9.18. The summed E-state index contributed by atoms with van der Waals surface area (Å²) in [6, 6.07) is 0.648. The SMILES string of the molecule is O[C@H]1C[C@H]2CC1CN2. The van der Waals surface area contributed by atoms with Crippen molar-refractivity contribution < 1.29 is 5.11 Å². The van der Waals surface area contributed by atoms with Crippen molar-refractivity contribution in [3.8, 4) is 0 Å². The minimum Gasteiger partial charge on any atom is -0.393 e. The molecule has 8 heavy (non-hydrogen) atoms. The molecule has 0 aromatic carbocycles. The highest BCUT2D eigenvalue weighted by molar-refractivity contribution is 4.94. The molecule has 1 unspecified atom stereocenters. The summed E-state index contributed by atoms with van der Waals surface area (Å²) < 4.78 is 0. The van der Waals surface area contributed by atoms with Crippen LogP contribution in [0.1, 0.15) is 12.8 Å². The van der Waals surface area contributed by atoms with E-state index in [0.717, 1.165) is 13.0 Å². The van der Waals surface area contributed by atoms with Gasteiger partial charge >= 0.3 is 0 Å². The number of hydrogen-bond donors (Lipinski definition) is 2. The van der Waals surface area contributed by atoms with E-state index in [4.69, 9.17) is 0 Å². The summed E-state index contributed by atoms with van der Waals surface area (Å²) >= 11 is 0. The van der Waals surface area contributed by atoms with Crippen molar-refractivity contribution in [3.05, 3.63) is 0 Å². The molecule has 2 N–H and O–H groups in total. The summed E-state index contributed by atoms with van der Waals surface area (Å²) in [5, 5.41) is 12.5. The maximum atomic E-state index is 9.18. The molecule has 0 aromatic rings. The van der Waals surface area contributed by atoms with Crippen LogP contribution in [0.3, 0.4) is 0 Å². The van der Waals surface area contributed by atoms with Crippen LogP contribution in [0, 0.1) is 5.92 Å². The normalized spacial score (nSPS) is 52.9. The van der Waals surface area contributed by atoms with Gasteiger partial charge in [0, 0.05) is 12.6 Å². The van der Waals surface area contributed by atoms with Gasteiger partial charge in [0.2, 0.25) is 0 Å². The van der Waals surface area contributed by atoms with Crippen LogP contribution >= 0.6 is 0 Å².